The molecule has 4 aromatic heterocycles. The van der Waals surface area contributed by atoms with E-state index in [4.69, 9.17) is 35.5 Å². The lowest BCUT2D eigenvalue weighted by molar-refractivity contribution is -0.137. The molecule has 0 radical (unpaired) electrons. The molecule has 2 N–H and O–H groups in total. The molecule has 2 fully saturated rings. The second-order valence-electron chi connectivity index (χ2n) is 16.7. The predicted molar refractivity (Wildman–Crippen MR) is 240 cm³/mol. The molecule has 9 rings (SSSR count). The van der Waals surface area contributed by atoms with E-state index in [1.807, 2.05) is 42.2 Å². The fourth-order valence-electron chi connectivity index (χ4n) is 9.31. The molecule has 2 aromatic carbocycles. The number of anilines is 3. The molecule has 66 heavy (non-hydrogen) atoms. The van der Waals surface area contributed by atoms with Gasteiger partial charge in [-0.15, -0.1) is 0 Å². The second-order valence-corrected chi connectivity index (χ2v) is 17.0. The number of pyridine rings is 3. The summed E-state index contributed by atoms with van der Waals surface area (Å²) < 4.78 is 101. The summed E-state index contributed by atoms with van der Waals surface area (Å²) in [6.07, 6.45) is -2.64. The highest BCUT2D eigenvalue weighted by molar-refractivity contribution is 6.36. The van der Waals surface area contributed by atoms with Crippen LogP contribution in [0.15, 0.2) is 66.9 Å². The number of benzene rings is 2. The summed E-state index contributed by atoms with van der Waals surface area (Å²) in [6.45, 7) is 4.79. The predicted octanol–water partition coefficient (Wildman–Crippen LogP) is 9.76. The molecule has 0 spiro atoms. The molecular weight excluding hydrogens is 885 g/mol. The van der Waals surface area contributed by atoms with Crippen molar-refractivity contribution in [2.24, 2.45) is 0 Å². The number of methoxy groups -OCH3 is 2. The van der Waals surface area contributed by atoms with Crippen LogP contribution in [0.5, 0.6) is 23.4 Å². The normalized spacial score (nSPS) is 18.7. The number of hydrogen-bond acceptors (Lipinski definition) is 13. The zero-order valence-electron chi connectivity index (χ0n) is 36.6. The zero-order valence-corrected chi connectivity index (χ0v) is 37.4. The van der Waals surface area contributed by atoms with Crippen LogP contribution in [0, 0.1) is 12.7 Å². The minimum absolute atomic E-state index is 0.00962. The van der Waals surface area contributed by atoms with Gasteiger partial charge in [-0.05, 0) is 74.7 Å². The van der Waals surface area contributed by atoms with Crippen LogP contribution >= 0.6 is 11.6 Å². The summed E-state index contributed by atoms with van der Waals surface area (Å²) in [5.74, 6) is 0.552. The summed E-state index contributed by atoms with van der Waals surface area (Å²) in [6, 6.07) is 17.6. The smallest absolute Gasteiger partial charge is 0.418 e. The quantitative estimate of drug-likeness (QED) is 0.101. The van der Waals surface area contributed by atoms with E-state index in [0.717, 1.165) is 28.9 Å². The fourth-order valence-corrected chi connectivity index (χ4v) is 9.61. The molecule has 3 aliphatic rings. The van der Waals surface area contributed by atoms with Crippen molar-refractivity contribution in [2.75, 3.05) is 62.6 Å². The van der Waals surface area contributed by atoms with Crippen molar-refractivity contribution >= 4 is 40.0 Å². The van der Waals surface area contributed by atoms with Crippen LogP contribution in [-0.4, -0.2) is 88.6 Å². The molecule has 0 bridgehead atoms. The summed E-state index contributed by atoms with van der Waals surface area (Å²) in [5, 5.41) is 5.95. The van der Waals surface area contributed by atoms with Gasteiger partial charge in [0.05, 0.1) is 48.6 Å². The van der Waals surface area contributed by atoms with Crippen LogP contribution in [-0.2, 0) is 19.3 Å². The first-order chi connectivity index (χ1) is 31.8. The lowest BCUT2D eigenvalue weighted by Crippen LogP contribution is -2.43. The number of aromatic nitrogens is 5. The molecule has 6 aromatic rings. The Morgan fingerprint density at radius 1 is 0.924 bits per heavy atom. The molecule has 3 aliphatic heterocycles. The van der Waals surface area contributed by atoms with Crippen molar-refractivity contribution in [3.63, 3.8) is 0 Å². The standard InChI is InChI=1S/C47H47ClF5N9O4/c1-26-36(47(51,52)53)34(37(48)42(57-26)56-23-29-10-14-32(64-4)15-11-29)39-38(50)40-35-43(60-45(59-40)66-25-46-16-6-18-61(46)24-30(49)21-46)62(19-20-65-44(35)58-39)27(2)33-7-5-17-54-41(33)55-22-28-8-12-31(63-3)13-9-28/h5,7-15,17,27,30H,6,16,18-25H2,1-4H3,(H,54,55)(H,56,57)/t27-,30-,46+/m1/s1. The highest BCUT2D eigenvalue weighted by Crippen LogP contribution is 2.49. The van der Waals surface area contributed by atoms with E-state index in [9.17, 15) is 4.39 Å². The average molecular weight is 932 g/mol. The second kappa shape index (κ2) is 18.2. The summed E-state index contributed by atoms with van der Waals surface area (Å²) in [5.41, 5.74) is -1.76. The Hall–Kier alpha value is -6.27. The molecule has 346 valence electrons. The van der Waals surface area contributed by atoms with Crippen molar-refractivity contribution in [3.05, 3.63) is 106 Å². The lowest BCUT2D eigenvalue weighted by atomic mass is 9.95. The Morgan fingerprint density at radius 2 is 1.61 bits per heavy atom. The van der Waals surface area contributed by atoms with Crippen molar-refractivity contribution < 1.29 is 40.9 Å². The van der Waals surface area contributed by atoms with Crippen LogP contribution in [0.4, 0.5) is 39.4 Å². The van der Waals surface area contributed by atoms with Crippen molar-refractivity contribution in [1.29, 1.82) is 0 Å². The first kappa shape index (κ1) is 44.9. The van der Waals surface area contributed by atoms with Gasteiger partial charge in [-0.3, -0.25) is 4.90 Å². The number of ether oxygens (including phenoxy) is 4. The molecular formula is C47H47ClF5N9O4. The summed E-state index contributed by atoms with van der Waals surface area (Å²) >= 11 is 6.87. The van der Waals surface area contributed by atoms with E-state index in [2.05, 4.69) is 35.5 Å². The average Bonchev–Trinajstić information content (AvgIpc) is 3.78. The molecule has 19 heteroatoms. The largest absolute Gasteiger partial charge is 0.497 e. The molecule has 0 amide bonds. The van der Waals surface area contributed by atoms with Gasteiger partial charge in [-0.1, -0.05) is 41.9 Å². The van der Waals surface area contributed by atoms with Gasteiger partial charge >= 0.3 is 12.2 Å². The third-order valence-corrected chi connectivity index (χ3v) is 13.0. The summed E-state index contributed by atoms with van der Waals surface area (Å²) in [4.78, 5) is 26.7. The van der Waals surface area contributed by atoms with E-state index in [0.29, 0.717) is 31.1 Å². The Balaban J connectivity index is 1.16. The van der Waals surface area contributed by atoms with E-state index < -0.39 is 62.8 Å². The Bertz CT molecular complexity index is 2750. The van der Waals surface area contributed by atoms with Gasteiger partial charge in [-0.2, -0.15) is 23.1 Å². The first-order valence-corrected chi connectivity index (χ1v) is 21.9. The number of rotatable bonds is 14. The maximum atomic E-state index is 17.7. The van der Waals surface area contributed by atoms with Crippen molar-refractivity contribution in [3.8, 4) is 34.6 Å². The van der Waals surface area contributed by atoms with Crippen LogP contribution in [0.2, 0.25) is 5.02 Å². The first-order valence-electron chi connectivity index (χ1n) is 21.6. The maximum absolute atomic E-state index is 17.7. The van der Waals surface area contributed by atoms with Gasteiger partial charge in [0.1, 0.15) is 64.9 Å². The Morgan fingerprint density at radius 3 is 2.27 bits per heavy atom. The molecule has 3 atom stereocenters. The van der Waals surface area contributed by atoms with Crippen LogP contribution < -0.4 is 34.5 Å². The number of aryl methyl sites for hydroxylation is 1. The maximum Gasteiger partial charge on any atom is 0.418 e. The van der Waals surface area contributed by atoms with Gasteiger partial charge in [0.2, 0.25) is 5.88 Å². The number of hydrogen-bond donors (Lipinski definition) is 2. The van der Waals surface area contributed by atoms with E-state index >= 15 is 17.6 Å². The minimum Gasteiger partial charge on any atom is -0.497 e. The van der Waals surface area contributed by atoms with Gasteiger partial charge in [0, 0.05) is 43.4 Å². The topological polar surface area (TPSA) is 132 Å². The number of fused-ring (bicyclic) bond motifs is 1. The van der Waals surface area contributed by atoms with Crippen LogP contribution in [0.25, 0.3) is 22.2 Å². The van der Waals surface area contributed by atoms with E-state index in [-0.39, 0.29) is 68.2 Å². The third kappa shape index (κ3) is 8.63. The number of halogens is 6. The van der Waals surface area contributed by atoms with Gasteiger partial charge in [-0.25, -0.2) is 23.7 Å². The molecule has 13 nitrogen and oxygen atoms in total. The lowest BCUT2D eigenvalue weighted by Gasteiger charge is -2.32. The SMILES string of the molecule is COc1ccc(CNc2ncccc2[C@@H](C)N2CCOc3nc(-c4c(Cl)c(NCc5ccc(OC)cc5)nc(C)c4C(F)(F)F)c(F)c4nc(OC[C@@]56CCCN5C[C@H](F)C6)nc2c34)cc1. The van der Waals surface area contributed by atoms with Gasteiger partial charge < -0.3 is 34.5 Å². The van der Waals surface area contributed by atoms with Crippen LogP contribution in [0.3, 0.4) is 0 Å². The van der Waals surface area contributed by atoms with E-state index in [1.54, 1.807) is 43.6 Å². The Kier molecular flexibility index (Phi) is 12.4. The number of nitrogens with one attached hydrogen (secondary N) is 2. The Labute approximate surface area is 382 Å². The van der Waals surface area contributed by atoms with E-state index in [1.165, 1.54) is 14.0 Å². The zero-order chi connectivity index (χ0) is 46.3. The highest BCUT2D eigenvalue weighted by Gasteiger charge is 2.49. The molecule has 0 aliphatic carbocycles. The fraction of sp³-hybridized carbons (Fsp3) is 0.383. The van der Waals surface area contributed by atoms with Gasteiger partial charge in [0.25, 0.3) is 0 Å². The third-order valence-electron chi connectivity index (χ3n) is 12.6. The molecule has 0 unspecified atom stereocenters. The summed E-state index contributed by atoms with van der Waals surface area (Å²) in [7, 11) is 3.13. The molecule has 7 heterocycles. The monoisotopic (exact) mass is 931 g/mol. The van der Waals surface area contributed by atoms with Crippen LogP contribution in [0.1, 0.15) is 60.2 Å². The molecule has 0 saturated carbocycles. The van der Waals surface area contributed by atoms with Crippen molar-refractivity contribution in [1.82, 2.24) is 29.8 Å². The van der Waals surface area contributed by atoms with Crippen molar-refractivity contribution in [2.45, 2.75) is 70.1 Å². The highest BCUT2D eigenvalue weighted by atomic mass is 35.5. The molecule has 2 saturated heterocycles. The number of nitrogens with zero attached hydrogens (tertiary/aromatic N) is 7. The number of alkyl halides is 4. The van der Waals surface area contributed by atoms with Gasteiger partial charge in [0.15, 0.2) is 5.82 Å². The minimum atomic E-state index is -5.04.